The summed E-state index contributed by atoms with van der Waals surface area (Å²) in [5, 5.41) is 0. The van der Waals surface area contributed by atoms with Gasteiger partial charge in [0.05, 0.1) is 7.11 Å². The van der Waals surface area contributed by atoms with Crippen molar-refractivity contribution in [2.24, 2.45) is 5.92 Å². The van der Waals surface area contributed by atoms with E-state index in [0.717, 1.165) is 12.4 Å². The van der Waals surface area contributed by atoms with Crippen molar-refractivity contribution in [3.63, 3.8) is 0 Å². The Morgan fingerprint density at radius 2 is 2.05 bits per heavy atom. The normalized spacial score (nSPS) is 16.0. The van der Waals surface area contributed by atoms with Crippen molar-refractivity contribution in [2.75, 3.05) is 24.3 Å². The quantitative estimate of drug-likeness (QED) is 0.885. The average Bonchev–Trinajstić information content (AvgIpc) is 2.90. The molecule has 1 aliphatic rings. The second-order valence-corrected chi connectivity index (χ2v) is 5.60. The Morgan fingerprint density at radius 1 is 1.37 bits per heavy atom. The predicted molar refractivity (Wildman–Crippen MR) is 77.4 cm³/mol. The van der Waals surface area contributed by atoms with Gasteiger partial charge in [-0.2, -0.15) is 4.98 Å². The number of ether oxygens (including phenoxy) is 1. The summed E-state index contributed by atoms with van der Waals surface area (Å²) in [4.78, 5) is 10.8. The number of nitrogen functional groups attached to an aromatic ring is 1. The summed E-state index contributed by atoms with van der Waals surface area (Å²) in [6.07, 6.45) is 6.56. The minimum atomic E-state index is 0.469. The van der Waals surface area contributed by atoms with Crippen molar-refractivity contribution in [1.29, 1.82) is 0 Å². The van der Waals surface area contributed by atoms with E-state index in [-0.39, 0.29) is 0 Å². The number of aromatic nitrogens is 2. The van der Waals surface area contributed by atoms with E-state index in [1.807, 2.05) is 0 Å². The van der Waals surface area contributed by atoms with E-state index in [0.29, 0.717) is 23.5 Å². The third-order valence-electron chi connectivity index (χ3n) is 3.62. The molecule has 0 unspecified atom stereocenters. The maximum Gasteiger partial charge on any atom is 0.242 e. The van der Waals surface area contributed by atoms with Crippen LogP contribution in [0.4, 0.5) is 11.5 Å². The van der Waals surface area contributed by atoms with Crippen LogP contribution in [0.3, 0.4) is 0 Å². The van der Waals surface area contributed by atoms with E-state index in [4.69, 9.17) is 10.5 Å². The smallest absolute Gasteiger partial charge is 0.242 e. The Labute approximate surface area is 115 Å². The molecule has 5 heteroatoms. The lowest BCUT2D eigenvalue weighted by molar-refractivity contribution is 0.398. The molecule has 0 atom stereocenters. The van der Waals surface area contributed by atoms with Gasteiger partial charge in [-0.15, -0.1) is 0 Å². The molecule has 0 bridgehead atoms. The number of nitrogens with two attached hydrogens (primary N) is 1. The van der Waals surface area contributed by atoms with Gasteiger partial charge in [-0.05, 0) is 18.8 Å². The molecule has 1 fully saturated rings. The molecule has 0 amide bonds. The molecule has 1 aromatic heterocycles. The van der Waals surface area contributed by atoms with Crippen molar-refractivity contribution >= 4 is 11.5 Å². The summed E-state index contributed by atoms with van der Waals surface area (Å²) in [7, 11) is 1.59. The maximum absolute atomic E-state index is 6.15. The summed E-state index contributed by atoms with van der Waals surface area (Å²) in [6.45, 7) is 5.40. The highest BCUT2D eigenvalue weighted by Gasteiger charge is 2.26. The molecule has 0 aromatic carbocycles. The Balaban J connectivity index is 2.31. The number of hydrogen-bond acceptors (Lipinski definition) is 5. The van der Waals surface area contributed by atoms with Crippen LogP contribution in [0.25, 0.3) is 0 Å². The lowest BCUT2D eigenvalue weighted by Gasteiger charge is -2.32. The molecule has 1 heterocycles. The second kappa shape index (κ2) is 6.08. The zero-order valence-corrected chi connectivity index (χ0v) is 12.1. The predicted octanol–water partition coefficient (Wildman–Crippen LogP) is 2.47. The van der Waals surface area contributed by atoms with E-state index >= 15 is 0 Å². The van der Waals surface area contributed by atoms with Crippen LogP contribution >= 0.6 is 0 Å². The lowest BCUT2D eigenvalue weighted by Crippen LogP contribution is -2.37. The topological polar surface area (TPSA) is 64.3 Å². The van der Waals surface area contributed by atoms with Gasteiger partial charge in [-0.25, -0.2) is 4.98 Å². The number of hydrogen-bond donors (Lipinski definition) is 1. The molecule has 0 radical (unpaired) electrons. The van der Waals surface area contributed by atoms with Crippen LogP contribution in [0.5, 0.6) is 5.88 Å². The summed E-state index contributed by atoms with van der Waals surface area (Å²) in [5.41, 5.74) is 6.70. The number of rotatable bonds is 5. The van der Waals surface area contributed by atoms with Crippen LogP contribution in [-0.2, 0) is 0 Å². The molecule has 1 aromatic rings. The minimum Gasteiger partial charge on any atom is -0.479 e. The van der Waals surface area contributed by atoms with Gasteiger partial charge >= 0.3 is 0 Å². The molecule has 106 valence electrons. The van der Waals surface area contributed by atoms with Gasteiger partial charge in [0.1, 0.15) is 12.0 Å². The molecule has 0 saturated heterocycles. The molecule has 1 aliphatic carbocycles. The maximum atomic E-state index is 6.15. The molecule has 0 spiro atoms. The van der Waals surface area contributed by atoms with Gasteiger partial charge in [0.25, 0.3) is 0 Å². The van der Waals surface area contributed by atoms with E-state index in [9.17, 15) is 0 Å². The first-order chi connectivity index (χ1) is 9.13. The Hall–Kier alpha value is -1.52. The molecule has 1 saturated carbocycles. The van der Waals surface area contributed by atoms with Crippen LogP contribution < -0.4 is 15.4 Å². The molecule has 5 nitrogen and oxygen atoms in total. The highest BCUT2D eigenvalue weighted by molar-refractivity contribution is 5.68. The molecule has 2 rings (SSSR count). The Kier molecular flexibility index (Phi) is 4.45. The number of anilines is 2. The number of nitrogens with zero attached hydrogens (tertiary/aromatic N) is 3. The average molecular weight is 264 g/mol. The third-order valence-corrected chi connectivity index (χ3v) is 3.62. The standard InChI is InChI=1S/C14H24N4O/c1-10(2)8-18(11-6-4-5-7-11)13-12(15)14(19-3)17-9-16-13/h9-11H,4-8,15H2,1-3H3. The van der Waals surface area contributed by atoms with Gasteiger partial charge in [0, 0.05) is 12.6 Å². The fourth-order valence-corrected chi connectivity index (χ4v) is 2.78. The third kappa shape index (κ3) is 3.08. The summed E-state index contributed by atoms with van der Waals surface area (Å²) in [5.74, 6) is 1.87. The van der Waals surface area contributed by atoms with Gasteiger partial charge < -0.3 is 15.4 Å². The zero-order valence-electron chi connectivity index (χ0n) is 12.1. The summed E-state index contributed by atoms with van der Waals surface area (Å²) < 4.78 is 5.20. The molecule has 2 N–H and O–H groups in total. The fraction of sp³-hybridized carbons (Fsp3) is 0.714. The zero-order chi connectivity index (χ0) is 13.8. The monoisotopic (exact) mass is 264 g/mol. The Morgan fingerprint density at radius 3 is 2.63 bits per heavy atom. The second-order valence-electron chi connectivity index (χ2n) is 5.60. The molecular weight excluding hydrogens is 240 g/mol. The molecular formula is C14H24N4O. The van der Waals surface area contributed by atoms with E-state index in [2.05, 4.69) is 28.7 Å². The molecule has 0 aliphatic heterocycles. The van der Waals surface area contributed by atoms with Crippen LogP contribution in [0.1, 0.15) is 39.5 Å². The van der Waals surface area contributed by atoms with Gasteiger partial charge in [-0.1, -0.05) is 26.7 Å². The SMILES string of the molecule is COc1ncnc(N(CC(C)C)C2CCCC2)c1N. The van der Waals surface area contributed by atoms with E-state index in [1.54, 1.807) is 7.11 Å². The van der Waals surface area contributed by atoms with E-state index in [1.165, 1.54) is 32.0 Å². The van der Waals surface area contributed by atoms with Crippen molar-refractivity contribution < 1.29 is 4.74 Å². The van der Waals surface area contributed by atoms with Crippen LogP contribution in [-0.4, -0.2) is 29.7 Å². The Bertz CT molecular complexity index is 416. The van der Waals surface area contributed by atoms with Gasteiger partial charge in [0.15, 0.2) is 5.82 Å². The van der Waals surface area contributed by atoms with Gasteiger partial charge in [0.2, 0.25) is 5.88 Å². The number of methoxy groups -OCH3 is 1. The fourth-order valence-electron chi connectivity index (χ4n) is 2.78. The first-order valence-corrected chi connectivity index (χ1v) is 7.04. The summed E-state index contributed by atoms with van der Waals surface area (Å²) in [6, 6.07) is 0.546. The minimum absolute atomic E-state index is 0.469. The van der Waals surface area contributed by atoms with Gasteiger partial charge in [-0.3, -0.25) is 0 Å². The van der Waals surface area contributed by atoms with Crippen molar-refractivity contribution in [3.05, 3.63) is 6.33 Å². The largest absolute Gasteiger partial charge is 0.479 e. The first-order valence-electron chi connectivity index (χ1n) is 7.04. The lowest BCUT2D eigenvalue weighted by atomic mass is 10.1. The highest BCUT2D eigenvalue weighted by atomic mass is 16.5. The van der Waals surface area contributed by atoms with Crippen LogP contribution in [0.15, 0.2) is 6.33 Å². The van der Waals surface area contributed by atoms with Crippen LogP contribution in [0, 0.1) is 5.92 Å². The van der Waals surface area contributed by atoms with Crippen molar-refractivity contribution in [1.82, 2.24) is 9.97 Å². The van der Waals surface area contributed by atoms with Crippen molar-refractivity contribution in [3.8, 4) is 5.88 Å². The molecule has 19 heavy (non-hydrogen) atoms. The first kappa shape index (κ1) is 13.9. The van der Waals surface area contributed by atoms with E-state index < -0.39 is 0 Å². The highest BCUT2D eigenvalue weighted by Crippen LogP contribution is 2.33. The van der Waals surface area contributed by atoms with Crippen LogP contribution in [0.2, 0.25) is 0 Å². The summed E-state index contributed by atoms with van der Waals surface area (Å²) >= 11 is 0. The van der Waals surface area contributed by atoms with Crippen molar-refractivity contribution in [2.45, 2.75) is 45.6 Å².